The smallest absolute Gasteiger partial charge is 0.0672 e. The molecule has 2 aliphatic carbocycles. The first-order valence-corrected chi connectivity index (χ1v) is 7.32. The Morgan fingerprint density at radius 3 is 1.38 bits per heavy atom. The van der Waals surface area contributed by atoms with Crippen LogP contribution in [0.25, 0.3) is 0 Å². The van der Waals surface area contributed by atoms with Gasteiger partial charge in [0.05, 0.1) is 12.1 Å². The van der Waals surface area contributed by atoms with Gasteiger partial charge in [-0.15, -0.1) is 0 Å². The summed E-state index contributed by atoms with van der Waals surface area (Å²) in [6.45, 7) is 0. The minimum atomic E-state index is 0.236. The molecular weight excluding hydrogens is 254 g/mol. The van der Waals surface area contributed by atoms with E-state index in [1.165, 1.54) is 5.69 Å². The molecule has 0 unspecified atom stereocenters. The molecule has 0 N–H and O–H groups in total. The molecule has 0 heterocycles. The Morgan fingerprint density at radius 1 is 0.524 bits per heavy atom. The zero-order chi connectivity index (χ0) is 14.3. The number of para-hydroxylation sites is 1. The Hall–Kier alpha value is -2.54. The van der Waals surface area contributed by atoms with Crippen LogP contribution in [0.3, 0.4) is 0 Å². The van der Waals surface area contributed by atoms with Crippen molar-refractivity contribution in [1.29, 1.82) is 0 Å². The topological polar surface area (TPSA) is 3.24 Å². The molecule has 21 heavy (non-hydrogen) atoms. The van der Waals surface area contributed by atoms with Gasteiger partial charge in [-0.05, 0) is 12.1 Å². The maximum Gasteiger partial charge on any atom is 0.0672 e. The summed E-state index contributed by atoms with van der Waals surface area (Å²) in [5.41, 5.74) is 1.22. The quantitative estimate of drug-likeness (QED) is 0.778. The van der Waals surface area contributed by atoms with Crippen LogP contribution in [0, 0.1) is 0 Å². The van der Waals surface area contributed by atoms with Gasteiger partial charge < -0.3 is 4.90 Å². The number of benzene rings is 1. The lowest BCUT2D eigenvalue weighted by Gasteiger charge is -2.34. The lowest BCUT2D eigenvalue weighted by Crippen LogP contribution is -2.39. The molecule has 0 fully saturated rings. The van der Waals surface area contributed by atoms with Crippen molar-refractivity contribution in [3.8, 4) is 0 Å². The highest BCUT2D eigenvalue weighted by atomic mass is 15.2. The van der Waals surface area contributed by atoms with Crippen molar-refractivity contribution in [2.45, 2.75) is 12.1 Å². The number of anilines is 1. The molecule has 0 spiro atoms. The van der Waals surface area contributed by atoms with Crippen LogP contribution in [0.4, 0.5) is 5.69 Å². The molecule has 3 rings (SSSR count). The monoisotopic (exact) mass is 273 g/mol. The number of nitrogens with zero attached hydrogens (tertiary/aromatic N) is 1. The van der Waals surface area contributed by atoms with Crippen molar-refractivity contribution in [2.75, 3.05) is 4.90 Å². The van der Waals surface area contributed by atoms with E-state index in [9.17, 15) is 0 Å². The second-order valence-corrected chi connectivity index (χ2v) is 5.03. The molecule has 0 radical (unpaired) electrons. The van der Waals surface area contributed by atoms with Crippen molar-refractivity contribution in [3.63, 3.8) is 0 Å². The number of allylic oxidation sites excluding steroid dienone is 8. The second-order valence-electron chi connectivity index (χ2n) is 5.03. The first-order chi connectivity index (χ1) is 10.4. The fourth-order valence-electron chi connectivity index (χ4n) is 2.61. The van der Waals surface area contributed by atoms with Crippen molar-refractivity contribution in [1.82, 2.24) is 0 Å². The van der Waals surface area contributed by atoms with Crippen LogP contribution in [0.1, 0.15) is 0 Å². The average molecular weight is 273 g/mol. The van der Waals surface area contributed by atoms with Crippen LogP contribution in [-0.4, -0.2) is 12.1 Å². The van der Waals surface area contributed by atoms with Crippen molar-refractivity contribution >= 4 is 5.69 Å². The van der Waals surface area contributed by atoms with Gasteiger partial charge in [-0.2, -0.15) is 0 Å². The van der Waals surface area contributed by atoms with Gasteiger partial charge in [0.2, 0.25) is 0 Å². The largest absolute Gasteiger partial charge is 0.352 e. The third kappa shape index (κ3) is 3.32. The molecule has 104 valence electrons. The Labute approximate surface area is 126 Å². The highest BCUT2D eigenvalue weighted by Gasteiger charge is 2.20. The Kier molecular flexibility index (Phi) is 4.33. The van der Waals surface area contributed by atoms with E-state index in [4.69, 9.17) is 0 Å². The van der Waals surface area contributed by atoms with Crippen LogP contribution >= 0.6 is 0 Å². The van der Waals surface area contributed by atoms with Crippen LogP contribution in [0.2, 0.25) is 0 Å². The summed E-state index contributed by atoms with van der Waals surface area (Å²) in [4.78, 5) is 2.42. The summed E-state index contributed by atoms with van der Waals surface area (Å²) < 4.78 is 0. The fraction of sp³-hybridized carbons (Fsp3) is 0.100. The molecule has 1 nitrogen and oxygen atoms in total. The first kappa shape index (κ1) is 13.4. The first-order valence-electron chi connectivity index (χ1n) is 7.32. The zero-order valence-electron chi connectivity index (χ0n) is 11.9. The highest BCUT2D eigenvalue weighted by molar-refractivity contribution is 5.54. The maximum atomic E-state index is 2.42. The maximum absolute atomic E-state index is 2.42. The van der Waals surface area contributed by atoms with E-state index >= 15 is 0 Å². The third-order valence-electron chi connectivity index (χ3n) is 3.60. The minimum absolute atomic E-state index is 0.236. The van der Waals surface area contributed by atoms with E-state index in [0.29, 0.717) is 0 Å². The van der Waals surface area contributed by atoms with Crippen LogP contribution in [0.15, 0.2) is 103 Å². The molecule has 0 saturated carbocycles. The van der Waals surface area contributed by atoms with Gasteiger partial charge in [0.1, 0.15) is 0 Å². The summed E-state index contributed by atoms with van der Waals surface area (Å²) in [5.74, 6) is 0. The fourth-order valence-corrected chi connectivity index (χ4v) is 2.61. The van der Waals surface area contributed by atoms with E-state index in [-0.39, 0.29) is 12.1 Å². The van der Waals surface area contributed by atoms with Gasteiger partial charge in [-0.25, -0.2) is 0 Å². The standard InChI is InChI=1S/C20H19N/c1-2-7-13-18(12-6-1)21(20-16-10-5-11-17-20)19-14-8-3-4-9-15-19/h1-19H. The molecule has 2 aliphatic rings. The molecule has 0 atom stereocenters. The molecular formula is C20H19N. The Balaban J connectivity index is 1.98. The number of hydrogen-bond donors (Lipinski definition) is 0. The third-order valence-corrected chi connectivity index (χ3v) is 3.60. The zero-order valence-corrected chi connectivity index (χ0v) is 11.9. The van der Waals surface area contributed by atoms with E-state index in [0.717, 1.165) is 0 Å². The summed E-state index contributed by atoms with van der Waals surface area (Å²) in [6, 6.07) is 11.0. The molecule has 0 aromatic heterocycles. The summed E-state index contributed by atoms with van der Waals surface area (Å²) in [5, 5.41) is 0. The predicted octanol–water partition coefficient (Wildman–Crippen LogP) is 4.59. The normalized spacial score (nSPS) is 17.9. The Morgan fingerprint density at radius 2 is 0.952 bits per heavy atom. The lowest BCUT2D eigenvalue weighted by molar-refractivity contribution is 0.763. The van der Waals surface area contributed by atoms with E-state index in [1.54, 1.807) is 0 Å². The van der Waals surface area contributed by atoms with Gasteiger partial charge >= 0.3 is 0 Å². The molecule has 0 amide bonds. The van der Waals surface area contributed by atoms with E-state index < -0.39 is 0 Å². The molecule has 1 aromatic carbocycles. The molecule has 0 aliphatic heterocycles. The summed E-state index contributed by atoms with van der Waals surface area (Å²) >= 11 is 0. The molecule has 0 bridgehead atoms. The number of hydrogen-bond acceptors (Lipinski definition) is 1. The van der Waals surface area contributed by atoms with Crippen molar-refractivity contribution < 1.29 is 0 Å². The van der Waals surface area contributed by atoms with Gasteiger partial charge in [-0.1, -0.05) is 91.1 Å². The number of rotatable bonds is 3. The van der Waals surface area contributed by atoms with Gasteiger partial charge in [0.25, 0.3) is 0 Å². The lowest BCUT2D eigenvalue weighted by atomic mass is 10.1. The SMILES string of the molecule is C1=CC=CC(N(c2ccccc2)C2C=CC=CC=C2)C=C1. The van der Waals surface area contributed by atoms with E-state index in [1.807, 2.05) is 0 Å². The van der Waals surface area contributed by atoms with Crippen LogP contribution in [-0.2, 0) is 0 Å². The van der Waals surface area contributed by atoms with Gasteiger partial charge in [0.15, 0.2) is 0 Å². The van der Waals surface area contributed by atoms with Gasteiger partial charge in [0, 0.05) is 5.69 Å². The van der Waals surface area contributed by atoms with Crippen LogP contribution in [0.5, 0.6) is 0 Å². The van der Waals surface area contributed by atoms with Crippen molar-refractivity contribution in [3.05, 3.63) is 103 Å². The highest BCUT2D eigenvalue weighted by Crippen LogP contribution is 2.24. The minimum Gasteiger partial charge on any atom is -0.352 e. The second kappa shape index (κ2) is 6.76. The van der Waals surface area contributed by atoms with E-state index in [2.05, 4.69) is 108 Å². The van der Waals surface area contributed by atoms with Gasteiger partial charge in [-0.3, -0.25) is 0 Å². The molecule has 1 aromatic rings. The average Bonchev–Trinajstić information content (AvgIpc) is 2.94. The van der Waals surface area contributed by atoms with Crippen molar-refractivity contribution in [2.24, 2.45) is 0 Å². The van der Waals surface area contributed by atoms with Crippen LogP contribution < -0.4 is 4.90 Å². The Bertz CT molecular complexity index is 559. The summed E-state index contributed by atoms with van der Waals surface area (Å²) in [7, 11) is 0. The molecule has 0 saturated heterocycles. The summed E-state index contributed by atoms with van der Waals surface area (Å²) in [6.07, 6.45) is 25.7. The predicted molar refractivity (Wildman–Crippen MR) is 91.3 cm³/mol. The molecule has 1 heteroatoms.